The highest BCUT2D eigenvalue weighted by Gasteiger charge is 2.34. The number of rotatable bonds is 2. The van der Waals surface area contributed by atoms with Gasteiger partial charge in [0.1, 0.15) is 35.4 Å². The van der Waals surface area contributed by atoms with Crippen molar-refractivity contribution in [2.24, 2.45) is 0 Å². The molecule has 2 aliphatic rings. The van der Waals surface area contributed by atoms with E-state index in [0.717, 1.165) is 88.3 Å². The summed E-state index contributed by atoms with van der Waals surface area (Å²) in [5.74, 6) is 0. The molecule has 0 atom stereocenters. The van der Waals surface area contributed by atoms with E-state index in [4.69, 9.17) is 0 Å². The summed E-state index contributed by atoms with van der Waals surface area (Å²) in [4.78, 5) is 0. The van der Waals surface area contributed by atoms with Crippen LogP contribution in [0.3, 0.4) is 0 Å². The monoisotopic (exact) mass is 630 g/mol. The van der Waals surface area contributed by atoms with E-state index < -0.39 is 0 Å². The number of allylic oxidation sites excluding steroid dienone is 2. The molecule has 7 aromatic rings. The third-order valence-electron chi connectivity index (χ3n) is 9.97. The topological polar surface area (TPSA) is 95.2 Å². The lowest BCUT2D eigenvalue weighted by Crippen LogP contribution is -1.92. The lowest BCUT2D eigenvalue weighted by atomic mass is 9.92. The fourth-order valence-electron chi connectivity index (χ4n) is 7.63. The maximum absolute atomic E-state index is 10.2. The van der Waals surface area contributed by atoms with Gasteiger partial charge in [0.05, 0.1) is 0 Å². The number of benzene rings is 7. The molecule has 0 bridgehead atoms. The Labute approximate surface area is 288 Å². The normalized spacial score (nSPS) is 11.8. The molecule has 0 aliphatic heterocycles. The number of nitrogens with zero attached hydrogens (tertiary/aromatic N) is 4. The molecule has 0 saturated carbocycles. The maximum atomic E-state index is 10.2. The van der Waals surface area contributed by atoms with Gasteiger partial charge in [0.2, 0.25) is 0 Å². The Morgan fingerprint density at radius 2 is 0.640 bits per heavy atom. The van der Waals surface area contributed by atoms with Crippen LogP contribution in [0.5, 0.6) is 0 Å². The van der Waals surface area contributed by atoms with Crippen molar-refractivity contribution in [1.29, 1.82) is 21.0 Å². The minimum absolute atomic E-state index is 0.0148. The minimum Gasteiger partial charge on any atom is -0.192 e. The third-order valence-corrected chi connectivity index (χ3v) is 9.97. The quantitative estimate of drug-likeness (QED) is 0.178. The first-order chi connectivity index (χ1) is 24.6. The van der Waals surface area contributed by atoms with Crippen molar-refractivity contribution in [2.75, 3.05) is 0 Å². The van der Waals surface area contributed by atoms with E-state index >= 15 is 0 Å². The molecular weight excluding hydrogens is 609 g/mol. The van der Waals surface area contributed by atoms with Crippen LogP contribution in [0.1, 0.15) is 22.3 Å². The van der Waals surface area contributed by atoms with Gasteiger partial charge in [0, 0.05) is 11.1 Å². The first kappa shape index (κ1) is 28.7. The molecule has 226 valence electrons. The molecule has 4 heteroatoms. The second-order valence-corrected chi connectivity index (χ2v) is 12.5. The van der Waals surface area contributed by atoms with Gasteiger partial charge in [0.25, 0.3) is 0 Å². The van der Waals surface area contributed by atoms with E-state index in [1.165, 1.54) is 0 Å². The first-order valence-electron chi connectivity index (χ1n) is 16.2. The minimum atomic E-state index is 0.0148. The van der Waals surface area contributed by atoms with Crippen molar-refractivity contribution >= 4 is 32.7 Å². The average Bonchev–Trinajstić information content (AvgIpc) is 3.65. The summed E-state index contributed by atoms with van der Waals surface area (Å²) in [6.45, 7) is 0. The molecule has 2 aliphatic carbocycles. The van der Waals surface area contributed by atoms with Gasteiger partial charge in [-0.2, -0.15) is 21.0 Å². The van der Waals surface area contributed by atoms with Crippen LogP contribution in [0.25, 0.3) is 77.2 Å². The molecule has 0 saturated heterocycles. The van der Waals surface area contributed by atoms with Gasteiger partial charge in [-0.1, -0.05) is 97.1 Å². The Morgan fingerprint density at radius 1 is 0.300 bits per heavy atom. The summed E-state index contributed by atoms with van der Waals surface area (Å²) >= 11 is 0. The van der Waals surface area contributed by atoms with Crippen LogP contribution in [0, 0.1) is 45.3 Å². The zero-order valence-corrected chi connectivity index (χ0v) is 26.5. The van der Waals surface area contributed by atoms with Gasteiger partial charge in [-0.15, -0.1) is 0 Å². The summed E-state index contributed by atoms with van der Waals surface area (Å²) in [7, 11) is 0. The Morgan fingerprint density at radius 3 is 1.06 bits per heavy atom. The lowest BCUT2D eigenvalue weighted by molar-refractivity contribution is 1.45. The van der Waals surface area contributed by atoms with Crippen LogP contribution < -0.4 is 0 Å². The summed E-state index contributed by atoms with van der Waals surface area (Å²) in [5, 5.41) is 45.3. The second kappa shape index (κ2) is 11.0. The highest BCUT2D eigenvalue weighted by Crippen LogP contribution is 2.54. The van der Waals surface area contributed by atoms with Crippen molar-refractivity contribution in [3.05, 3.63) is 167 Å². The van der Waals surface area contributed by atoms with Crippen LogP contribution in [0.4, 0.5) is 0 Å². The van der Waals surface area contributed by atoms with Gasteiger partial charge < -0.3 is 0 Å². The molecule has 0 N–H and O–H groups in total. The van der Waals surface area contributed by atoms with E-state index in [-0.39, 0.29) is 11.1 Å². The molecule has 50 heavy (non-hydrogen) atoms. The maximum Gasteiger partial charge on any atom is 0.138 e. The average molecular weight is 631 g/mol. The SMILES string of the molecule is N#CC(C#N)=C1c2cc(-c3ccc4ccccc4c3)ccc2-c2cc3c(cc21)C(=C(C#N)C#N)c1cc(-c2ccc4ccccc4c2)ccc1-3. The molecule has 0 aromatic heterocycles. The standard InChI is InChI=1S/C46H22N4/c47-23-35(24-48)45-41-19-33(31-11-9-27-5-1-3-7-29(27)17-31)13-15-37(41)39-21-40-38-16-14-34(32-12-10-28-6-2-4-8-30(28)18-32)20-42(38)46(36(25-49)26-50)44(40)22-43(39)45/h1-22H. The Balaban J connectivity index is 1.25. The largest absolute Gasteiger partial charge is 0.192 e. The lowest BCUT2D eigenvalue weighted by Gasteiger charge is -2.09. The fraction of sp³-hybridized carbons (Fsp3) is 0. The summed E-state index contributed by atoms with van der Waals surface area (Å²) in [6.07, 6.45) is 0. The van der Waals surface area contributed by atoms with Crippen molar-refractivity contribution in [2.45, 2.75) is 0 Å². The molecule has 0 unspecified atom stereocenters. The Bertz CT molecular complexity index is 2680. The van der Waals surface area contributed by atoms with Gasteiger partial charge in [-0.25, -0.2) is 0 Å². The molecule has 7 aromatic carbocycles. The second-order valence-electron chi connectivity index (χ2n) is 12.5. The predicted octanol–water partition coefficient (Wildman–Crippen LogP) is 11.0. The van der Waals surface area contributed by atoms with Crippen molar-refractivity contribution in [3.8, 4) is 68.8 Å². The molecule has 9 rings (SSSR count). The predicted molar refractivity (Wildman–Crippen MR) is 198 cm³/mol. The highest BCUT2D eigenvalue weighted by molar-refractivity contribution is 6.12. The Kier molecular flexibility index (Phi) is 6.34. The van der Waals surface area contributed by atoms with Crippen LogP contribution in [-0.2, 0) is 0 Å². The summed E-state index contributed by atoms with van der Waals surface area (Å²) in [6, 6.07) is 54.1. The van der Waals surface area contributed by atoms with Crippen LogP contribution >= 0.6 is 0 Å². The molecule has 0 fully saturated rings. The number of hydrogen-bond donors (Lipinski definition) is 0. The fourth-order valence-corrected chi connectivity index (χ4v) is 7.63. The van der Waals surface area contributed by atoms with Gasteiger partial charge in [-0.05, 0) is 125 Å². The number of hydrogen-bond acceptors (Lipinski definition) is 4. The third kappa shape index (κ3) is 4.21. The molecule has 4 nitrogen and oxygen atoms in total. The first-order valence-corrected chi connectivity index (χ1v) is 16.2. The zero-order chi connectivity index (χ0) is 33.9. The highest BCUT2D eigenvalue weighted by atomic mass is 14.4. The smallest absolute Gasteiger partial charge is 0.138 e. The van der Waals surface area contributed by atoms with E-state index in [2.05, 4.69) is 127 Å². The molecule has 0 radical (unpaired) electrons. The summed E-state index contributed by atoms with van der Waals surface area (Å²) < 4.78 is 0. The van der Waals surface area contributed by atoms with Gasteiger partial charge >= 0.3 is 0 Å². The van der Waals surface area contributed by atoms with Crippen molar-refractivity contribution < 1.29 is 0 Å². The Hall–Kier alpha value is -7.50. The number of fused-ring (bicyclic) bond motifs is 8. The van der Waals surface area contributed by atoms with Crippen molar-refractivity contribution in [1.82, 2.24) is 0 Å². The van der Waals surface area contributed by atoms with E-state index in [1.807, 2.05) is 30.3 Å². The molecule has 0 spiro atoms. The zero-order valence-electron chi connectivity index (χ0n) is 26.5. The van der Waals surface area contributed by atoms with Crippen LogP contribution in [0.2, 0.25) is 0 Å². The van der Waals surface area contributed by atoms with E-state index in [9.17, 15) is 21.0 Å². The van der Waals surface area contributed by atoms with E-state index in [0.29, 0.717) is 11.1 Å². The summed E-state index contributed by atoms with van der Waals surface area (Å²) in [5.41, 5.74) is 12.0. The van der Waals surface area contributed by atoms with Crippen LogP contribution in [0.15, 0.2) is 145 Å². The molecular formula is C46H22N4. The van der Waals surface area contributed by atoms with Crippen molar-refractivity contribution in [3.63, 3.8) is 0 Å². The number of nitriles is 4. The van der Waals surface area contributed by atoms with E-state index in [1.54, 1.807) is 0 Å². The molecule has 0 amide bonds. The van der Waals surface area contributed by atoms with Gasteiger partial charge in [-0.3, -0.25) is 0 Å². The van der Waals surface area contributed by atoms with Gasteiger partial charge in [0.15, 0.2) is 0 Å². The van der Waals surface area contributed by atoms with Crippen LogP contribution in [-0.4, -0.2) is 0 Å². The molecule has 0 heterocycles.